The van der Waals surface area contributed by atoms with Crippen LogP contribution in [0.1, 0.15) is 63.9 Å². The smallest absolute Gasteiger partial charge is 0.387 e. The van der Waals surface area contributed by atoms with Gasteiger partial charge in [0.25, 0.3) is 0 Å². The molecule has 1 aliphatic carbocycles. The van der Waals surface area contributed by atoms with Gasteiger partial charge in [-0.15, -0.1) is 0 Å². The van der Waals surface area contributed by atoms with Crippen molar-refractivity contribution >= 4 is 0 Å². The van der Waals surface area contributed by atoms with E-state index in [1.165, 1.54) is 19.3 Å². The minimum atomic E-state index is -3.24. The fourth-order valence-corrected chi connectivity index (χ4v) is 3.75. The number of alkyl halides is 2. The summed E-state index contributed by atoms with van der Waals surface area (Å²) in [7, 11) is 0. The first-order chi connectivity index (χ1) is 12.5. The summed E-state index contributed by atoms with van der Waals surface area (Å²) in [4.78, 5) is 0. The molecule has 1 fully saturated rings. The number of benzene rings is 1. The monoisotopic (exact) mass is 372 g/mol. The highest BCUT2D eigenvalue weighted by Crippen LogP contribution is 2.34. The quantitative estimate of drug-likeness (QED) is 0.333. The molecule has 0 heterocycles. The summed E-state index contributed by atoms with van der Waals surface area (Å²) in [6.45, 7) is -1.10. The van der Waals surface area contributed by atoms with Gasteiger partial charge in [-0.25, -0.2) is 8.78 Å². The average molecular weight is 372 g/mol. The zero-order chi connectivity index (χ0) is 18.9. The standard InChI is InChI=1S/C21H28F4O/c1-2-3-4-5-6-15-7-9-16(10-8-15)11-12-17-13-18(22)20(19(23)14-17)26-21(24)25/h3-4,13-16,21H,2,5-12H2,1H3/b4-3+. The Kier molecular flexibility index (Phi) is 8.46. The van der Waals surface area contributed by atoms with Crippen molar-refractivity contribution < 1.29 is 22.3 Å². The van der Waals surface area contributed by atoms with E-state index in [9.17, 15) is 17.6 Å². The van der Waals surface area contributed by atoms with Crippen molar-refractivity contribution in [2.45, 2.75) is 71.3 Å². The normalized spacial score (nSPS) is 20.8. The van der Waals surface area contributed by atoms with Crippen molar-refractivity contribution in [3.05, 3.63) is 41.5 Å². The summed E-state index contributed by atoms with van der Waals surface area (Å²) in [5.41, 5.74) is 0.494. The van der Waals surface area contributed by atoms with Crippen LogP contribution in [0.3, 0.4) is 0 Å². The molecule has 1 aliphatic rings. The molecule has 5 heteroatoms. The van der Waals surface area contributed by atoms with E-state index in [1.54, 1.807) is 0 Å². The van der Waals surface area contributed by atoms with Crippen LogP contribution in [0.2, 0.25) is 0 Å². The summed E-state index contributed by atoms with van der Waals surface area (Å²) < 4.78 is 55.7. The van der Waals surface area contributed by atoms with Crippen molar-refractivity contribution in [3.8, 4) is 5.75 Å². The molecular weight excluding hydrogens is 344 g/mol. The van der Waals surface area contributed by atoms with Crippen molar-refractivity contribution in [2.24, 2.45) is 11.8 Å². The maximum absolute atomic E-state index is 13.8. The Labute approximate surface area is 153 Å². The van der Waals surface area contributed by atoms with Gasteiger partial charge in [-0.2, -0.15) is 8.78 Å². The third kappa shape index (κ3) is 6.65. The molecule has 0 aliphatic heterocycles. The molecule has 26 heavy (non-hydrogen) atoms. The lowest BCUT2D eigenvalue weighted by molar-refractivity contribution is -0.0546. The SMILES string of the molecule is CC/C=C/CCC1CCC(CCc2cc(F)c(OC(F)F)c(F)c2)CC1. The van der Waals surface area contributed by atoms with Crippen molar-refractivity contribution in [1.82, 2.24) is 0 Å². The van der Waals surface area contributed by atoms with Crippen LogP contribution >= 0.6 is 0 Å². The average Bonchev–Trinajstić information content (AvgIpc) is 2.61. The minimum Gasteiger partial charge on any atom is -0.429 e. The number of ether oxygens (including phenoxy) is 1. The Morgan fingerprint density at radius 3 is 2.12 bits per heavy atom. The molecule has 1 saturated carbocycles. The Bertz CT molecular complexity index is 554. The number of aryl methyl sites for hydroxylation is 1. The van der Waals surface area contributed by atoms with Crippen LogP contribution in [0.4, 0.5) is 17.6 Å². The van der Waals surface area contributed by atoms with Gasteiger partial charge in [0.15, 0.2) is 17.4 Å². The van der Waals surface area contributed by atoms with Gasteiger partial charge < -0.3 is 4.74 Å². The molecule has 0 aromatic heterocycles. The summed E-state index contributed by atoms with van der Waals surface area (Å²) in [5.74, 6) is -1.77. The molecule has 2 rings (SSSR count). The maximum atomic E-state index is 13.8. The molecule has 1 nitrogen and oxygen atoms in total. The van der Waals surface area contributed by atoms with E-state index in [-0.39, 0.29) is 0 Å². The van der Waals surface area contributed by atoms with Crippen molar-refractivity contribution in [3.63, 3.8) is 0 Å². The highest BCUT2D eigenvalue weighted by atomic mass is 19.3. The summed E-state index contributed by atoms with van der Waals surface area (Å²) in [6.07, 6.45) is 14.1. The first-order valence-corrected chi connectivity index (χ1v) is 9.57. The first-order valence-electron chi connectivity index (χ1n) is 9.57. The molecule has 0 saturated heterocycles. The second-order valence-electron chi connectivity index (χ2n) is 7.15. The highest BCUT2D eigenvalue weighted by molar-refractivity contribution is 5.31. The molecule has 1 aromatic rings. The second kappa shape index (κ2) is 10.6. The predicted molar refractivity (Wildman–Crippen MR) is 95.4 cm³/mol. The van der Waals surface area contributed by atoms with E-state index in [0.717, 1.165) is 50.2 Å². The summed E-state index contributed by atoms with van der Waals surface area (Å²) >= 11 is 0. The fraction of sp³-hybridized carbons (Fsp3) is 0.619. The predicted octanol–water partition coefficient (Wildman–Crippen LogP) is 7.05. The second-order valence-corrected chi connectivity index (χ2v) is 7.15. The zero-order valence-corrected chi connectivity index (χ0v) is 15.3. The lowest BCUT2D eigenvalue weighted by Gasteiger charge is -2.28. The Morgan fingerprint density at radius 1 is 1.00 bits per heavy atom. The van der Waals surface area contributed by atoms with Gasteiger partial charge in [0.1, 0.15) is 0 Å². The molecule has 0 spiro atoms. The van der Waals surface area contributed by atoms with E-state index in [4.69, 9.17) is 0 Å². The minimum absolute atomic E-state index is 0.494. The van der Waals surface area contributed by atoms with Gasteiger partial charge in [0, 0.05) is 0 Å². The topological polar surface area (TPSA) is 9.23 Å². The maximum Gasteiger partial charge on any atom is 0.387 e. The number of hydrogen-bond acceptors (Lipinski definition) is 1. The Morgan fingerprint density at radius 2 is 1.58 bits per heavy atom. The first kappa shape index (κ1) is 20.8. The molecule has 0 atom stereocenters. The summed E-state index contributed by atoms with van der Waals surface area (Å²) in [6, 6.07) is 2.21. The fourth-order valence-electron chi connectivity index (χ4n) is 3.75. The van der Waals surface area contributed by atoms with Crippen LogP contribution < -0.4 is 4.74 Å². The lowest BCUT2D eigenvalue weighted by Crippen LogP contribution is -2.15. The van der Waals surface area contributed by atoms with E-state index in [2.05, 4.69) is 23.8 Å². The third-order valence-electron chi connectivity index (χ3n) is 5.22. The highest BCUT2D eigenvalue weighted by Gasteiger charge is 2.21. The van der Waals surface area contributed by atoms with Crippen molar-refractivity contribution in [2.75, 3.05) is 0 Å². The van der Waals surface area contributed by atoms with Crippen LogP contribution in [0.15, 0.2) is 24.3 Å². The number of rotatable bonds is 9. The summed E-state index contributed by atoms with van der Waals surface area (Å²) in [5, 5.41) is 0. The molecule has 0 N–H and O–H groups in total. The zero-order valence-electron chi connectivity index (χ0n) is 15.3. The number of hydrogen-bond donors (Lipinski definition) is 0. The number of allylic oxidation sites excluding steroid dienone is 2. The van der Waals surface area contributed by atoms with Gasteiger partial charge in [-0.05, 0) is 61.6 Å². The van der Waals surface area contributed by atoms with Gasteiger partial charge in [-0.3, -0.25) is 0 Å². The lowest BCUT2D eigenvalue weighted by atomic mass is 9.78. The van der Waals surface area contributed by atoms with Gasteiger partial charge in [-0.1, -0.05) is 44.8 Å². The molecule has 146 valence electrons. The van der Waals surface area contributed by atoms with E-state index >= 15 is 0 Å². The molecule has 0 amide bonds. The van der Waals surface area contributed by atoms with E-state index in [1.807, 2.05) is 0 Å². The Balaban J connectivity index is 1.77. The van der Waals surface area contributed by atoms with Crippen molar-refractivity contribution in [1.29, 1.82) is 0 Å². The largest absolute Gasteiger partial charge is 0.429 e. The molecular formula is C21H28F4O. The molecule has 1 aromatic carbocycles. The van der Waals surface area contributed by atoms with Crippen LogP contribution in [-0.4, -0.2) is 6.61 Å². The van der Waals surface area contributed by atoms with Gasteiger partial charge >= 0.3 is 6.61 Å². The van der Waals surface area contributed by atoms with Gasteiger partial charge in [0.2, 0.25) is 0 Å². The Hall–Kier alpha value is -1.52. The van der Waals surface area contributed by atoms with Crippen LogP contribution in [0, 0.1) is 23.5 Å². The van der Waals surface area contributed by atoms with E-state index in [0.29, 0.717) is 17.9 Å². The molecule has 0 radical (unpaired) electrons. The molecule has 0 bridgehead atoms. The third-order valence-corrected chi connectivity index (χ3v) is 5.22. The molecule has 0 unspecified atom stereocenters. The van der Waals surface area contributed by atoms with Crippen LogP contribution in [0.5, 0.6) is 5.75 Å². The van der Waals surface area contributed by atoms with Gasteiger partial charge in [0.05, 0.1) is 0 Å². The number of halogens is 4. The van der Waals surface area contributed by atoms with Crippen LogP contribution in [0.25, 0.3) is 0 Å². The van der Waals surface area contributed by atoms with Crippen LogP contribution in [-0.2, 0) is 6.42 Å². The van der Waals surface area contributed by atoms with E-state index < -0.39 is 24.0 Å².